The fourth-order valence-corrected chi connectivity index (χ4v) is 1.47. The summed E-state index contributed by atoms with van der Waals surface area (Å²) in [6, 6.07) is -3.75. The number of aliphatic hydroxyl groups excluding tert-OH is 1. The highest BCUT2D eigenvalue weighted by atomic mass is 16.4. The van der Waals surface area contributed by atoms with Gasteiger partial charge in [0, 0.05) is 0 Å². The van der Waals surface area contributed by atoms with Crippen molar-refractivity contribution in [2.75, 3.05) is 13.2 Å². The molecule has 0 aromatic rings. The minimum Gasteiger partial charge on any atom is -0.480 e. The Morgan fingerprint density at radius 1 is 1.04 bits per heavy atom. The van der Waals surface area contributed by atoms with E-state index in [0.29, 0.717) is 0 Å². The minimum absolute atomic E-state index is 0.406. The summed E-state index contributed by atoms with van der Waals surface area (Å²) in [5.41, 5.74) is 10.3. The maximum absolute atomic E-state index is 11.9. The van der Waals surface area contributed by atoms with Crippen LogP contribution in [0.1, 0.15) is 13.3 Å². The van der Waals surface area contributed by atoms with Gasteiger partial charge in [0.2, 0.25) is 23.6 Å². The highest BCUT2D eigenvalue weighted by molar-refractivity contribution is 5.94. The maximum Gasteiger partial charge on any atom is 0.322 e. The molecule has 4 amide bonds. The molecule has 0 saturated heterocycles. The van der Waals surface area contributed by atoms with E-state index in [1.165, 1.54) is 6.92 Å². The molecule has 0 saturated carbocycles. The number of aliphatic hydroxyl groups is 1. The summed E-state index contributed by atoms with van der Waals surface area (Å²) in [5, 5.41) is 23.9. The average Bonchev–Trinajstić information content (AvgIpc) is 2.48. The second-order valence-corrected chi connectivity index (χ2v) is 4.86. The van der Waals surface area contributed by atoms with Crippen LogP contribution >= 0.6 is 0 Å². The Morgan fingerprint density at radius 2 is 1.62 bits per heavy atom. The first kappa shape index (κ1) is 21.3. The van der Waals surface area contributed by atoms with Crippen LogP contribution in [0.25, 0.3) is 0 Å². The van der Waals surface area contributed by atoms with Crippen molar-refractivity contribution in [3.05, 3.63) is 0 Å². The van der Waals surface area contributed by atoms with Crippen LogP contribution in [0.15, 0.2) is 0 Å². The summed E-state index contributed by atoms with van der Waals surface area (Å²) < 4.78 is 0. The number of primary amides is 1. The van der Waals surface area contributed by atoms with Crippen LogP contribution in [0.3, 0.4) is 0 Å². The van der Waals surface area contributed by atoms with E-state index in [0.717, 1.165) is 0 Å². The van der Waals surface area contributed by atoms with Gasteiger partial charge in [-0.05, 0) is 6.92 Å². The van der Waals surface area contributed by atoms with E-state index in [1.807, 2.05) is 5.32 Å². The quantitative estimate of drug-likeness (QED) is 0.203. The average molecular weight is 347 g/mol. The molecule has 24 heavy (non-hydrogen) atoms. The number of hydrogen-bond donors (Lipinski definition) is 7. The number of nitrogens with one attached hydrogen (secondary N) is 3. The van der Waals surface area contributed by atoms with Crippen LogP contribution in [-0.2, 0) is 24.0 Å². The van der Waals surface area contributed by atoms with Crippen LogP contribution in [0.4, 0.5) is 0 Å². The SMILES string of the molecule is CC(NC(=O)C(N)CC(N)=O)C(=O)NC(CO)C(=O)NCC(=O)O. The number of carbonyl (C=O) groups excluding carboxylic acids is 4. The van der Waals surface area contributed by atoms with Crippen LogP contribution < -0.4 is 27.4 Å². The van der Waals surface area contributed by atoms with Crippen molar-refractivity contribution < 1.29 is 34.2 Å². The molecule has 0 radical (unpaired) electrons. The Balaban J connectivity index is 4.55. The van der Waals surface area contributed by atoms with Gasteiger partial charge in [-0.3, -0.25) is 24.0 Å². The first-order valence-electron chi connectivity index (χ1n) is 6.83. The number of amides is 4. The zero-order valence-electron chi connectivity index (χ0n) is 12.9. The lowest BCUT2D eigenvalue weighted by Gasteiger charge is -2.20. The summed E-state index contributed by atoms with van der Waals surface area (Å²) in [6.45, 7) is -0.174. The summed E-state index contributed by atoms with van der Waals surface area (Å²) in [5.74, 6) is -4.61. The number of rotatable bonds is 10. The predicted octanol–water partition coefficient (Wildman–Crippen LogP) is -4.63. The van der Waals surface area contributed by atoms with Gasteiger partial charge in [0.05, 0.1) is 19.1 Å². The zero-order valence-corrected chi connectivity index (χ0v) is 12.9. The van der Waals surface area contributed by atoms with E-state index in [1.54, 1.807) is 0 Å². The van der Waals surface area contributed by atoms with Crippen molar-refractivity contribution in [2.24, 2.45) is 11.5 Å². The minimum atomic E-state index is -1.39. The molecule has 9 N–H and O–H groups in total. The second-order valence-electron chi connectivity index (χ2n) is 4.86. The van der Waals surface area contributed by atoms with E-state index in [9.17, 15) is 24.0 Å². The number of hydrogen-bond acceptors (Lipinski definition) is 7. The molecule has 0 aromatic heterocycles. The third-order valence-corrected chi connectivity index (χ3v) is 2.74. The Kier molecular flexibility index (Phi) is 8.97. The Morgan fingerprint density at radius 3 is 2.08 bits per heavy atom. The molecule has 136 valence electrons. The van der Waals surface area contributed by atoms with Crippen LogP contribution in [0.2, 0.25) is 0 Å². The normalized spacial score (nSPS) is 14.0. The Hall–Kier alpha value is -2.73. The summed E-state index contributed by atoms with van der Waals surface area (Å²) >= 11 is 0. The first-order chi connectivity index (χ1) is 11.1. The molecular formula is C12H21N5O7. The molecule has 0 heterocycles. The van der Waals surface area contributed by atoms with E-state index < -0.39 is 67.3 Å². The third-order valence-electron chi connectivity index (χ3n) is 2.74. The van der Waals surface area contributed by atoms with Crippen molar-refractivity contribution in [1.29, 1.82) is 0 Å². The van der Waals surface area contributed by atoms with Crippen molar-refractivity contribution in [2.45, 2.75) is 31.5 Å². The standard InChI is InChI=1S/C12H21N5O7/c1-5(16-11(23)6(13)2-8(14)19)10(22)17-7(4-18)12(24)15-3-9(20)21/h5-7,18H,2-4,13H2,1H3,(H2,14,19)(H,15,24)(H,16,23)(H,17,22)(H,20,21). The summed E-state index contributed by atoms with van der Waals surface area (Å²) in [6.07, 6.45) is -0.406. The van der Waals surface area contributed by atoms with Gasteiger partial charge in [-0.1, -0.05) is 0 Å². The topological polar surface area (TPSA) is 214 Å². The summed E-state index contributed by atoms with van der Waals surface area (Å²) in [4.78, 5) is 56.1. The molecule has 0 spiro atoms. The van der Waals surface area contributed by atoms with Crippen molar-refractivity contribution in [3.8, 4) is 0 Å². The second kappa shape index (κ2) is 10.1. The van der Waals surface area contributed by atoms with Gasteiger partial charge in [-0.25, -0.2) is 0 Å². The van der Waals surface area contributed by atoms with E-state index in [4.69, 9.17) is 21.7 Å². The van der Waals surface area contributed by atoms with Crippen LogP contribution in [-0.4, -0.2) is 71.1 Å². The lowest BCUT2D eigenvalue weighted by Crippen LogP contribution is -2.56. The Labute approximate surface area is 136 Å². The molecule has 3 unspecified atom stereocenters. The van der Waals surface area contributed by atoms with Gasteiger partial charge in [-0.15, -0.1) is 0 Å². The maximum atomic E-state index is 11.9. The molecule has 0 aliphatic rings. The van der Waals surface area contributed by atoms with Crippen molar-refractivity contribution in [1.82, 2.24) is 16.0 Å². The summed E-state index contributed by atoms with van der Waals surface area (Å²) in [7, 11) is 0. The smallest absolute Gasteiger partial charge is 0.322 e. The van der Waals surface area contributed by atoms with Gasteiger partial charge >= 0.3 is 5.97 Å². The van der Waals surface area contributed by atoms with Crippen LogP contribution in [0, 0.1) is 0 Å². The molecule has 12 nitrogen and oxygen atoms in total. The zero-order chi connectivity index (χ0) is 18.9. The number of nitrogens with two attached hydrogens (primary N) is 2. The highest BCUT2D eigenvalue weighted by Crippen LogP contribution is 1.92. The molecule has 12 heteroatoms. The predicted molar refractivity (Wildman–Crippen MR) is 79.1 cm³/mol. The molecule has 0 fully saturated rings. The lowest BCUT2D eigenvalue weighted by atomic mass is 10.1. The van der Waals surface area contributed by atoms with Gasteiger partial charge in [-0.2, -0.15) is 0 Å². The molecular weight excluding hydrogens is 326 g/mol. The molecule has 0 rings (SSSR count). The van der Waals surface area contributed by atoms with Crippen LogP contribution in [0.5, 0.6) is 0 Å². The van der Waals surface area contributed by atoms with Crippen molar-refractivity contribution in [3.63, 3.8) is 0 Å². The molecule has 0 aliphatic carbocycles. The highest BCUT2D eigenvalue weighted by Gasteiger charge is 2.25. The number of carbonyl (C=O) groups is 5. The van der Waals surface area contributed by atoms with Gasteiger partial charge < -0.3 is 37.6 Å². The number of aliphatic carboxylic acids is 1. The molecule has 0 bridgehead atoms. The van der Waals surface area contributed by atoms with Gasteiger partial charge in [0.15, 0.2) is 0 Å². The van der Waals surface area contributed by atoms with E-state index in [-0.39, 0.29) is 0 Å². The largest absolute Gasteiger partial charge is 0.480 e. The third kappa shape index (κ3) is 8.05. The molecule has 3 atom stereocenters. The monoisotopic (exact) mass is 347 g/mol. The number of carboxylic acids is 1. The molecule has 0 aliphatic heterocycles. The van der Waals surface area contributed by atoms with Crippen molar-refractivity contribution >= 4 is 29.6 Å². The lowest BCUT2D eigenvalue weighted by molar-refractivity contribution is -0.138. The number of carboxylic acid groups (broad SMARTS) is 1. The molecule has 0 aromatic carbocycles. The van der Waals surface area contributed by atoms with Gasteiger partial charge in [0.1, 0.15) is 18.6 Å². The fourth-order valence-electron chi connectivity index (χ4n) is 1.47. The van der Waals surface area contributed by atoms with Gasteiger partial charge in [0.25, 0.3) is 0 Å². The first-order valence-corrected chi connectivity index (χ1v) is 6.83. The fraction of sp³-hybridized carbons (Fsp3) is 0.583. The Bertz CT molecular complexity index is 510. The van der Waals surface area contributed by atoms with E-state index >= 15 is 0 Å². The van der Waals surface area contributed by atoms with E-state index in [2.05, 4.69) is 10.6 Å².